The Bertz CT molecular complexity index is 404. The SMILES string of the molecule is CC(CC#N)N(C)C(=O)N1CCCC(C)(C(=O)O)C1. The molecule has 106 valence electrons. The number of urea groups is 1. The highest BCUT2D eigenvalue weighted by Crippen LogP contribution is 2.30. The average molecular weight is 267 g/mol. The number of carboxylic acids is 1. The van der Waals surface area contributed by atoms with Crippen molar-refractivity contribution in [2.75, 3.05) is 20.1 Å². The fourth-order valence-corrected chi connectivity index (χ4v) is 2.26. The Labute approximate surface area is 113 Å². The number of aliphatic carboxylic acids is 1. The van der Waals surface area contributed by atoms with Gasteiger partial charge in [-0.15, -0.1) is 0 Å². The summed E-state index contributed by atoms with van der Waals surface area (Å²) in [5.41, 5.74) is -0.868. The van der Waals surface area contributed by atoms with E-state index in [1.165, 1.54) is 4.90 Å². The maximum Gasteiger partial charge on any atom is 0.320 e. The number of carbonyl (C=O) groups is 2. The molecule has 0 radical (unpaired) electrons. The van der Waals surface area contributed by atoms with Gasteiger partial charge in [-0.3, -0.25) is 4.79 Å². The van der Waals surface area contributed by atoms with Crippen LogP contribution in [-0.4, -0.2) is 53.1 Å². The first-order valence-corrected chi connectivity index (χ1v) is 6.44. The quantitative estimate of drug-likeness (QED) is 0.840. The van der Waals surface area contributed by atoms with E-state index in [2.05, 4.69) is 0 Å². The van der Waals surface area contributed by atoms with E-state index in [1.54, 1.807) is 18.9 Å². The lowest BCUT2D eigenvalue weighted by atomic mass is 9.82. The lowest BCUT2D eigenvalue weighted by Crippen LogP contribution is -2.53. The molecule has 1 aliphatic rings. The maximum absolute atomic E-state index is 12.3. The summed E-state index contributed by atoms with van der Waals surface area (Å²) in [6, 6.07) is 1.66. The van der Waals surface area contributed by atoms with Crippen LogP contribution in [0.1, 0.15) is 33.1 Å². The van der Waals surface area contributed by atoms with Gasteiger partial charge in [-0.2, -0.15) is 5.26 Å². The number of nitrogens with zero attached hydrogens (tertiary/aromatic N) is 3. The minimum absolute atomic E-state index is 0.171. The lowest BCUT2D eigenvalue weighted by molar-refractivity contribution is -0.150. The molecule has 1 N–H and O–H groups in total. The third-order valence-electron chi connectivity index (χ3n) is 3.83. The zero-order valence-corrected chi connectivity index (χ0v) is 11.7. The summed E-state index contributed by atoms with van der Waals surface area (Å²) >= 11 is 0. The monoisotopic (exact) mass is 267 g/mol. The highest BCUT2D eigenvalue weighted by atomic mass is 16.4. The molecule has 1 heterocycles. The normalized spacial score (nSPS) is 24.4. The van der Waals surface area contributed by atoms with Crippen LogP contribution in [0.4, 0.5) is 4.79 Å². The van der Waals surface area contributed by atoms with Crippen LogP contribution in [0.5, 0.6) is 0 Å². The van der Waals surface area contributed by atoms with E-state index in [0.29, 0.717) is 19.4 Å². The molecular formula is C13H21N3O3. The zero-order valence-electron chi connectivity index (χ0n) is 11.7. The van der Waals surface area contributed by atoms with Crippen molar-refractivity contribution in [1.29, 1.82) is 5.26 Å². The Hall–Kier alpha value is -1.77. The molecule has 1 aliphatic heterocycles. The predicted octanol–water partition coefficient (Wildman–Crippen LogP) is 1.53. The fraction of sp³-hybridized carbons (Fsp3) is 0.769. The first-order valence-electron chi connectivity index (χ1n) is 6.44. The Morgan fingerprint density at radius 3 is 2.74 bits per heavy atom. The van der Waals surface area contributed by atoms with E-state index in [1.807, 2.05) is 13.0 Å². The van der Waals surface area contributed by atoms with Crippen LogP contribution in [0.3, 0.4) is 0 Å². The number of rotatable bonds is 3. The number of carbonyl (C=O) groups excluding carboxylic acids is 1. The first-order chi connectivity index (χ1) is 8.81. The van der Waals surface area contributed by atoms with Gasteiger partial charge < -0.3 is 14.9 Å². The van der Waals surface area contributed by atoms with Gasteiger partial charge in [0.1, 0.15) is 0 Å². The Balaban J connectivity index is 2.72. The molecule has 0 aromatic rings. The second-order valence-corrected chi connectivity index (χ2v) is 5.50. The van der Waals surface area contributed by atoms with Crippen LogP contribution in [-0.2, 0) is 4.79 Å². The smallest absolute Gasteiger partial charge is 0.320 e. The summed E-state index contributed by atoms with van der Waals surface area (Å²) in [6.45, 7) is 4.28. The molecule has 0 saturated carbocycles. The number of piperidine rings is 1. The molecule has 6 nitrogen and oxygen atoms in total. The van der Waals surface area contributed by atoms with Gasteiger partial charge in [0.25, 0.3) is 0 Å². The van der Waals surface area contributed by atoms with Crippen LogP contribution in [0, 0.1) is 16.7 Å². The highest BCUT2D eigenvalue weighted by Gasteiger charge is 2.40. The van der Waals surface area contributed by atoms with Gasteiger partial charge in [0.2, 0.25) is 0 Å². The largest absolute Gasteiger partial charge is 0.481 e. The zero-order chi connectivity index (χ0) is 14.6. The van der Waals surface area contributed by atoms with E-state index in [-0.39, 0.29) is 25.0 Å². The van der Waals surface area contributed by atoms with Gasteiger partial charge >= 0.3 is 12.0 Å². The summed E-state index contributed by atoms with van der Waals surface area (Å²) in [4.78, 5) is 26.6. The molecule has 0 aromatic heterocycles. The summed E-state index contributed by atoms with van der Waals surface area (Å²) in [5.74, 6) is -0.863. The Morgan fingerprint density at radius 1 is 1.58 bits per heavy atom. The topological polar surface area (TPSA) is 84.6 Å². The van der Waals surface area contributed by atoms with E-state index < -0.39 is 11.4 Å². The minimum atomic E-state index is -0.868. The van der Waals surface area contributed by atoms with Crippen molar-refractivity contribution in [3.05, 3.63) is 0 Å². The lowest BCUT2D eigenvalue weighted by Gasteiger charge is -2.40. The molecule has 2 atom stereocenters. The molecule has 2 amide bonds. The van der Waals surface area contributed by atoms with Crippen molar-refractivity contribution >= 4 is 12.0 Å². The van der Waals surface area contributed by atoms with E-state index in [4.69, 9.17) is 5.26 Å². The Kier molecular flexibility index (Phi) is 4.76. The number of hydrogen-bond donors (Lipinski definition) is 1. The second-order valence-electron chi connectivity index (χ2n) is 5.50. The molecule has 0 spiro atoms. The van der Waals surface area contributed by atoms with Gasteiger partial charge in [0.15, 0.2) is 0 Å². The van der Waals surface area contributed by atoms with Gasteiger partial charge in [-0.05, 0) is 26.7 Å². The summed E-state index contributed by atoms with van der Waals surface area (Å²) < 4.78 is 0. The van der Waals surface area contributed by atoms with Gasteiger partial charge in [-0.1, -0.05) is 0 Å². The molecule has 6 heteroatoms. The Morgan fingerprint density at radius 2 is 2.21 bits per heavy atom. The number of amides is 2. The average Bonchev–Trinajstić information content (AvgIpc) is 2.37. The molecular weight excluding hydrogens is 246 g/mol. The number of hydrogen-bond acceptors (Lipinski definition) is 3. The van der Waals surface area contributed by atoms with Crippen molar-refractivity contribution < 1.29 is 14.7 Å². The van der Waals surface area contributed by atoms with Crippen LogP contribution >= 0.6 is 0 Å². The molecule has 1 saturated heterocycles. The standard InChI is InChI=1S/C13H21N3O3/c1-10(5-7-14)15(3)12(19)16-8-4-6-13(2,9-16)11(17)18/h10H,4-6,8-9H2,1-3H3,(H,17,18). The van der Waals surface area contributed by atoms with E-state index >= 15 is 0 Å². The van der Waals surface area contributed by atoms with Crippen molar-refractivity contribution in [1.82, 2.24) is 9.80 Å². The number of carboxylic acid groups (broad SMARTS) is 1. The molecule has 0 aliphatic carbocycles. The molecule has 2 unspecified atom stereocenters. The van der Waals surface area contributed by atoms with Crippen LogP contribution in [0.2, 0.25) is 0 Å². The maximum atomic E-state index is 12.3. The van der Waals surface area contributed by atoms with Gasteiger partial charge in [0, 0.05) is 26.2 Å². The van der Waals surface area contributed by atoms with Crippen LogP contribution in [0.25, 0.3) is 0 Å². The van der Waals surface area contributed by atoms with Crippen molar-refractivity contribution in [2.45, 2.75) is 39.2 Å². The van der Waals surface area contributed by atoms with Crippen LogP contribution < -0.4 is 0 Å². The predicted molar refractivity (Wildman–Crippen MR) is 69.4 cm³/mol. The van der Waals surface area contributed by atoms with E-state index in [0.717, 1.165) is 0 Å². The fourth-order valence-electron chi connectivity index (χ4n) is 2.26. The first kappa shape index (κ1) is 15.3. The number of likely N-dealkylation sites (tertiary alicyclic amines) is 1. The number of nitriles is 1. The summed E-state index contributed by atoms with van der Waals surface area (Å²) in [5, 5.41) is 17.9. The van der Waals surface area contributed by atoms with Crippen molar-refractivity contribution in [2.24, 2.45) is 5.41 Å². The van der Waals surface area contributed by atoms with Gasteiger partial charge in [0.05, 0.1) is 17.9 Å². The van der Waals surface area contributed by atoms with Gasteiger partial charge in [-0.25, -0.2) is 4.79 Å². The molecule has 1 rings (SSSR count). The summed E-state index contributed by atoms with van der Waals surface area (Å²) in [6.07, 6.45) is 1.55. The van der Waals surface area contributed by atoms with Crippen LogP contribution in [0.15, 0.2) is 0 Å². The van der Waals surface area contributed by atoms with E-state index in [9.17, 15) is 14.7 Å². The molecule has 1 fully saturated rings. The third kappa shape index (κ3) is 3.37. The summed E-state index contributed by atoms with van der Waals surface area (Å²) in [7, 11) is 1.65. The third-order valence-corrected chi connectivity index (χ3v) is 3.83. The van der Waals surface area contributed by atoms with Crippen molar-refractivity contribution in [3.63, 3.8) is 0 Å². The molecule has 0 bridgehead atoms. The van der Waals surface area contributed by atoms with Crippen molar-refractivity contribution in [3.8, 4) is 6.07 Å². The highest BCUT2D eigenvalue weighted by molar-refractivity contribution is 5.78. The molecule has 0 aromatic carbocycles. The molecule has 19 heavy (non-hydrogen) atoms. The minimum Gasteiger partial charge on any atom is -0.481 e. The second kappa shape index (κ2) is 5.91.